The third-order valence-electron chi connectivity index (χ3n) is 3.56. The summed E-state index contributed by atoms with van der Waals surface area (Å²) in [5.41, 5.74) is 4.62. The van der Waals surface area contributed by atoms with Crippen LogP contribution in [0.4, 0.5) is 0 Å². The standard InChI is InChI=1S/C13H17N/c1-2-7-14(8-3-1)9-6-12-10-11-4-5-13(11)12/h4-5,10H,1-3,6-9H2. The zero-order chi connectivity index (χ0) is 9.38. The van der Waals surface area contributed by atoms with Gasteiger partial charge < -0.3 is 4.90 Å². The molecule has 0 bridgehead atoms. The van der Waals surface area contributed by atoms with E-state index in [-0.39, 0.29) is 0 Å². The second-order valence-corrected chi connectivity index (χ2v) is 4.52. The molecule has 1 heterocycles. The van der Waals surface area contributed by atoms with E-state index in [1.54, 1.807) is 11.1 Å². The summed E-state index contributed by atoms with van der Waals surface area (Å²) in [5.74, 6) is 0. The summed E-state index contributed by atoms with van der Waals surface area (Å²) in [5, 5.41) is 0. The Labute approximate surface area is 85.7 Å². The number of rotatable bonds is 3. The van der Waals surface area contributed by atoms with Crippen LogP contribution in [-0.4, -0.2) is 24.5 Å². The highest BCUT2D eigenvalue weighted by Crippen LogP contribution is 2.36. The molecule has 0 atom stereocenters. The predicted octanol–water partition coefficient (Wildman–Crippen LogP) is 2.70. The van der Waals surface area contributed by atoms with Gasteiger partial charge in [0.25, 0.3) is 0 Å². The van der Waals surface area contributed by atoms with E-state index >= 15 is 0 Å². The Morgan fingerprint density at radius 1 is 1.07 bits per heavy atom. The summed E-state index contributed by atoms with van der Waals surface area (Å²) in [6.07, 6.45) is 5.53. The fourth-order valence-corrected chi connectivity index (χ4v) is 2.54. The maximum absolute atomic E-state index is 2.62. The monoisotopic (exact) mass is 187 g/mol. The van der Waals surface area contributed by atoms with Crippen LogP contribution in [0.15, 0.2) is 18.2 Å². The summed E-state index contributed by atoms with van der Waals surface area (Å²) in [7, 11) is 0. The first kappa shape index (κ1) is 8.49. The molecule has 0 aromatic carbocycles. The van der Waals surface area contributed by atoms with Gasteiger partial charge in [0.05, 0.1) is 0 Å². The number of fused-ring (bicyclic) bond motifs is 1. The van der Waals surface area contributed by atoms with Crippen LogP contribution in [0.2, 0.25) is 0 Å². The number of nitrogens with zero attached hydrogens (tertiary/aromatic N) is 1. The molecule has 0 spiro atoms. The van der Waals surface area contributed by atoms with Gasteiger partial charge in [0, 0.05) is 6.54 Å². The maximum atomic E-state index is 2.62. The van der Waals surface area contributed by atoms with Crippen molar-refractivity contribution in [1.82, 2.24) is 4.90 Å². The lowest BCUT2D eigenvalue weighted by atomic mass is 9.85. The van der Waals surface area contributed by atoms with Gasteiger partial charge in [-0.05, 0) is 49.0 Å². The first-order chi connectivity index (χ1) is 6.93. The molecule has 1 fully saturated rings. The van der Waals surface area contributed by atoms with Crippen LogP contribution < -0.4 is 0 Å². The normalized spacial score (nSPS) is 19.7. The zero-order valence-corrected chi connectivity index (χ0v) is 8.63. The van der Waals surface area contributed by atoms with Crippen molar-refractivity contribution in [2.45, 2.75) is 25.7 Å². The average molecular weight is 187 g/mol. The minimum absolute atomic E-state index is 1.27. The highest BCUT2D eigenvalue weighted by atomic mass is 15.1. The first-order valence-corrected chi connectivity index (χ1v) is 5.79. The molecule has 0 aromatic heterocycles. The van der Waals surface area contributed by atoms with Crippen LogP contribution >= 0.6 is 0 Å². The van der Waals surface area contributed by atoms with E-state index in [9.17, 15) is 0 Å². The fourth-order valence-electron chi connectivity index (χ4n) is 2.54. The second-order valence-electron chi connectivity index (χ2n) is 4.52. The molecular weight excluding hydrogens is 170 g/mol. The number of hydrogen-bond donors (Lipinski definition) is 0. The van der Waals surface area contributed by atoms with Crippen molar-refractivity contribution in [3.63, 3.8) is 0 Å². The molecule has 3 aliphatic rings. The predicted molar refractivity (Wildman–Crippen MR) is 59.4 cm³/mol. The number of piperidine rings is 1. The number of likely N-dealkylation sites (tertiary alicyclic amines) is 1. The lowest BCUT2D eigenvalue weighted by Gasteiger charge is -2.28. The quantitative estimate of drug-likeness (QED) is 0.714. The molecule has 1 aliphatic heterocycles. The molecule has 0 amide bonds. The Balaban J connectivity index is 1.51. The van der Waals surface area contributed by atoms with Gasteiger partial charge in [-0.15, -0.1) is 0 Å². The van der Waals surface area contributed by atoms with Gasteiger partial charge in [0.2, 0.25) is 0 Å². The third-order valence-corrected chi connectivity index (χ3v) is 3.56. The Kier molecular flexibility index (Phi) is 2.06. The Morgan fingerprint density at radius 3 is 2.50 bits per heavy atom. The first-order valence-electron chi connectivity index (χ1n) is 5.79. The van der Waals surface area contributed by atoms with Gasteiger partial charge in [0.15, 0.2) is 0 Å². The Morgan fingerprint density at radius 2 is 1.93 bits per heavy atom. The highest BCUT2D eigenvalue weighted by Gasteiger charge is 2.17. The third kappa shape index (κ3) is 1.36. The van der Waals surface area contributed by atoms with Crippen LogP contribution in [-0.2, 0) is 6.42 Å². The molecule has 3 rings (SSSR count). The maximum Gasteiger partial charge on any atom is 0.00220 e. The van der Waals surface area contributed by atoms with Crippen molar-refractivity contribution in [3.8, 4) is 11.1 Å². The van der Waals surface area contributed by atoms with Crippen LogP contribution in [0.5, 0.6) is 0 Å². The molecular formula is C13H17N. The summed E-state index contributed by atoms with van der Waals surface area (Å²) in [4.78, 5) is 2.62. The van der Waals surface area contributed by atoms with Gasteiger partial charge in [-0.3, -0.25) is 0 Å². The van der Waals surface area contributed by atoms with Crippen LogP contribution in [0, 0.1) is 0 Å². The minimum atomic E-state index is 1.27. The number of benzene rings is 1. The minimum Gasteiger partial charge on any atom is -0.303 e. The summed E-state index contributed by atoms with van der Waals surface area (Å²) < 4.78 is 0. The molecule has 2 aliphatic carbocycles. The summed E-state index contributed by atoms with van der Waals surface area (Å²) >= 11 is 0. The van der Waals surface area contributed by atoms with E-state index in [1.165, 1.54) is 50.9 Å². The lowest BCUT2D eigenvalue weighted by molar-refractivity contribution is 0.231. The van der Waals surface area contributed by atoms with Crippen LogP contribution in [0.1, 0.15) is 24.8 Å². The van der Waals surface area contributed by atoms with Crippen molar-refractivity contribution in [3.05, 3.63) is 23.8 Å². The molecule has 0 N–H and O–H groups in total. The van der Waals surface area contributed by atoms with E-state index in [0.29, 0.717) is 0 Å². The molecule has 14 heavy (non-hydrogen) atoms. The summed E-state index contributed by atoms with van der Waals surface area (Å²) in [6, 6.07) is 6.81. The van der Waals surface area contributed by atoms with Crippen LogP contribution in [0.25, 0.3) is 11.1 Å². The molecule has 1 saturated heterocycles. The van der Waals surface area contributed by atoms with Gasteiger partial charge in [-0.2, -0.15) is 0 Å². The van der Waals surface area contributed by atoms with E-state index in [1.807, 2.05) is 0 Å². The van der Waals surface area contributed by atoms with Crippen molar-refractivity contribution in [2.75, 3.05) is 19.6 Å². The molecule has 0 unspecified atom stereocenters. The highest BCUT2D eigenvalue weighted by molar-refractivity contribution is 5.80. The topological polar surface area (TPSA) is 3.24 Å². The van der Waals surface area contributed by atoms with Gasteiger partial charge in [-0.1, -0.05) is 24.6 Å². The lowest BCUT2D eigenvalue weighted by Crippen LogP contribution is -2.31. The smallest absolute Gasteiger partial charge is 0.00220 e. The van der Waals surface area contributed by atoms with E-state index < -0.39 is 0 Å². The van der Waals surface area contributed by atoms with Gasteiger partial charge in [0.1, 0.15) is 0 Å². The molecule has 0 radical (unpaired) electrons. The molecule has 1 heteroatoms. The largest absolute Gasteiger partial charge is 0.303 e. The molecule has 0 saturated carbocycles. The zero-order valence-electron chi connectivity index (χ0n) is 8.63. The molecule has 1 nitrogen and oxygen atoms in total. The Hall–Kier alpha value is -0.820. The second kappa shape index (κ2) is 3.39. The average Bonchev–Trinajstić information content (AvgIpc) is 2.22. The van der Waals surface area contributed by atoms with Crippen molar-refractivity contribution >= 4 is 0 Å². The number of hydrogen-bond acceptors (Lipinski definition) is 1. The van der Waals surface area contributed by atoms with Crippen LogP contribution in [0.3, 0.4) is 0 Å². The van der Waals surface area contributed by atoms with E-state index in [2.05, 4.69) is 23.1 Å². The van der Waals surface area contributed by atoms with Crippen molar-refractivity contribution in [2.24, 2.45) is 0 Å². The van der Waals surface area contributed by atoms with Gasteiger partial charge in [-0.25, -0.2) is 0 Å². The van der Waals surface area contributed by atoms with E-state index in [4.69, 9.17) is 0 Å². The SMILES string of the molecule is c1cc2c(CCN3CCCCC3)cc1-2. The summed E-state index contributed by atoms with van der Waals surface area (Å²) in [6.45, 7) is 3.93. The van der Waals surface area contributed by atoms with Crippen molar-refractivity contribution < 1.29 is 0 Å². The van der Waals surface area contributed by atoms with Crippen molar-refractivity contribution in [1.29, 1.82) is 0 Å². The molecule has 74 valence electrons. The fraction of sp³-hybridized carbons (Fsp3) is 0.538. The Bertz CT molecular complexity index is 337. The molecule has 0 aromatic rings. The van der Waals surface area contributed by atoms with E-state index in [0.717, 1.165) is 0 Å². The van der Waals surface area contributed by atoms with Gasteiger partial charge >= 0.3 is 0 Å².